The molecular weight excluding hydrogens is 258 g/mol. The smallest absolute Gasteiger partial charge is 0.113 e. The normalized spacial score (nSPS) is 14.1. The fourth-order valence-electron chi connectivity index (χ4n) is 2.95. The molecule has 2 aromatic carbocycles. The van der Waals surface area contributed by atoms with E-state index in [9.17, 15) is 5.11 Å². The third-order valence-corrected chi connectivity index (χ3v) is 4.12. The Bertz CT molecular complexity index is 800. The summed E-state index contributed by atoms with van der Waals surface area (Å²) in [6.07, 6.45) is 3.60. The average Bonchev–Trinajstić information content (AvgIpc) is 2.49. The van der Waals surface area contributed by atoms with Crippen molar-refractivity contribution in [2.75, 3.05) is 0 Å². The fourth-order valence-corrected chi connectivity index (χ4v) is 2.95. The van der Waals surface area contributed by atoms with Gasteiger partial charge in [0.25, 0.3) is 0 Å². The third-order valence-electron chi connectivity index (χ3n) is 4.12. The Morgan fingerprint density at radius 3 is 2.62 bits per heavy atom. The van der Waals surface area contributed by atoms with Crippen LogP contribution >= 0.6 is 0 Å². The molecule has 0 amide bonds. The topological polar surface area (TPSA) is 33.1 Å². The molecule has 3 rings (SSSR count). The minimum atomic E-state index is -1.03. The molecule has 1 unspecified atom stereocenters. The van der Waals surface area contributed by atoms with Crippen molar-refractivity contribution in [2.45, 2.75) is 26.4 Å². The Hall–Kier alpha value is -2.19. The molecule has 0 saturated heterocycles. The quantitative estimate of drug-likeness (QED) is 0.764. The van der Waals surface area contributed by atoms with Gasteiger partial charge >= 0.3 is 0 Å². The summed E-state index contributed by atoms with van der Waals surface area (Å²) in [6.45, 7) is 5.95. The highest BCUT2D eigenvalue weighted by atomic mass is 16.3. The maximum absolute atomic E-state index is 11.2. The number of benzene rings is 2. The number of fused-ring (bicyclic) bond motifs is 1. The number of aryl methyl sites for hydroxylation is 2. The maximum Gasteiger partial charge on any atom is 0.113 e. The van der Waals surface area contributed by atoms with Crippen molar-refractivity contribution in [3.8, 4) is 0 Å². The molecule has 1 N–H and O–H groups in total. The molecule has 2 nitrogen and oxygen atoms in total. The minimum Gasteiger partial charge on any atom is -0.381 e. The maximum atomic E-state index is 11.2. The van der Waals surface area contributed by atoms with E-state index in [1.165, 1.54) is 0 Å². The van der Waals surface area contributed by atoms with Crippen LogP contribution in [0.1, 0.15) is 29.2 Å². The van der Waals surface area contributed by atoms with Gasteiger partial charge in [0.1, 0.15) is 5.60 Å². The van der Waals surface area contributed by atoms with Crippen LogP contribution < -0.4 is 0 Å². The van der Waals surface area contributed by atoms with E-state index >= 15 is 0 Å². The second kappa shape index (κ2) is 4.97. The summed E-state index contributed by atoms with van der Waals surface area (Å²) in [4.78, 5) is 4.16. The van der Waals surface area contributed by atoms with Crippen molar-refractivity contribution in [2.24, 2.45) is 0 Å². The van der Waals surface area contributed by atoms with Crippen LogP contribution in [0.25, 0.3) is 10.8 Å². The van der Waals surface area contributed by atoms with Crippen molar-refractivity contribution in [3.63, 3.8) is 0 Å². The predicted molar refractivity (Wildman–Crippen MR) is 86.3 cm³/mol. The van der Waals surface area contributed by atoms with Crippen molar-refractivity contribution in [3.05, 3.63) is 77.1 Å². The molecule has 0 aliphatic heterocycles. The van der Waals surface area contributed by atoms with Crippen LogP contribution in [0.2, 0.25) is 0 Å². The van der Waals surface area contributed by atoms with Crippen LogP contribution in [0.5, 0.6) is 0 Å². The molecule has 1 atom stereocenters. The Balaban J connectivity index is 2.27. The number of aromatic nitrogens is 1. The zero-order valence-electron chi connectivity index (χ0n) is 12.6. The molecule has 0 fully saturated rings. The Kier molecular flexibility index (Phi) is 3.26. The van der Waals surface area contributed by atoms with Gasteiger partial charge in [-0.2, -0.15) is 0 Å². The number of rotatable bonds is 2. The van der Waals surface area contributed by atoms with E-state index in [0.717, 1.165) is 33.0 Å². The summed E-state index contributed by atoms with van der Waals surface area (Å²) >= 11 is 0. The molecule has 3 aromatic rings. The monoisotopic (exact) mass is 277 g/mol. The molecule has 1 heterocycles. The zero-order valence-corrected chi connectivity index (χ0v) is 12.6. The fraction of sp³-hybridized carbons (Fsp3) is 0.211. The molecule has 0 radical (unpaired) electrons. The molecule has 0 saturated carbocycles. The summed E-state index contributed by atoms with van der Waals surface area (Å²) in [5, 5.41) is 13.3. The van der Waals surface area contributed by atoms with E-state index in [0.29, 0.717) is 0 Å². The first-order chi connectivity index (χ1) is 10.00. The van der Waals surface area contributed by atoms with E-state index in [1.807, 2.05) is 51.2 Å². The molecule has 0 aliphatic rings. The first-order valence-corrected chi connectivity index (χ1v) is 7.13. The summed E-state index contributed by atoms with van der Waals surface area (Å²) in [5.41, 5.74) is 3.08. The van der Waals surface area contributed by atoms with Gasteiger partial charge in [0, 0.05) is 17.8 Å². The van der Waals surface area contributed by atoms with Crippen LogP contribution in [0.4, 0.5) is 0 Å². The first-order valence-electron chi connectivity index (χ1n) is 7.13. The van der Waals surface area contributed by atoms with Gasteiger partial charge in [-0.25, -0.2) is 0 Å². The van der Waals surface area contributed by atoms with Gasteiger partial charge in [-0.1, -0.05) is 42.0 Å². The van der Waals surface area contributed by atoms with E-state index in [-0.39, 0.29) is 0 Å². The van der Waals surface area contributed by atoms with Gasteiger partial charge < -0.3 is 5.11 Å². The second-order valence-corrected chi connectivity index (χ2v) is 5.79. The molecule has 0 spiro atoms. The van der Waals surface area contributed by atoms with Crippen molar-refractivity contribution >= 4 is 10.8 Å². The van der Waals surface area contributed by atoms with Crippen LogP contribution in [-0.2, 0) is 5.60 Å². The molecular formula is C19H19NO. The van der Waals surface area contributed by atoms with Crippen molar-refractivity contribution in [1.29, 1.82) is 0 Å². The van der Waals surface area contributed by atoms with Gasteiger partial charge in [-0.15, -0.1) is 0 Å². The number of hydrogen-bond donors (Lipinski definition) is 1. The van der Waals surface area contributed by atoms with Gasteiger partial charge in [0.2, 0.25) is 0 Å². The highest BCUT2D eigenvalue weighted by Gasteiger charge is 2.29. The molecule has 0 bridgehead atoms. The predicted octanol–water partition coefficient (Wildman–Crippen LogP) is 4.11. The summed E-state index contributed by atoms with van der Waals surface area (Å²) in [6, 6.07) is 14.1. The van der Waals surface area contributed by atoms with Gasteiger partial charge in [0.05, 0.1) is 0 Å². The van der Waals surface area contributed by atoms with E-state index in [1.54, 1.807) is 6.20 Å². The van der Waals surface area contributed by atoms with Crippen LogP contribution in [-0.4, -0.2) is 10.1 Å². The lowest BCUT2D eigenvalue weighted by Crippen LogP contribution is -2.24. The molecule has 2 heteroatoms. The number of hydrogen-bond acceptors (Lipinski definition) is 2. The number of aliphatic hydroxyl groups is 1. The molecule has 0 aliphatic carbocycles. The van der Waals surface area contributed by atoms with Gasteiger partial charge in [-0.3, -0.25) is 4.98 Å². The molecule has 1 aromatic heterocycles. The number of pyridine rings is 1. The standard InChI is InChI=1S/C19H19NO/c1-13-7-8-14(2)18(11-13)19(3,21)17-6-4-5-15-12-20-10-9-16(15)17/h4-12,21H,1-3H3. The Morgan fingerprint density at radius 2 is 1.81 bits per heavy atom. The van der Waals surface area contributed by atoms with Crippen LogP contribution in [0.15, 0.2) is 54.9 Å². The second-order valence-electron chi connectivity index (χ2n) is 5.79. The largest absolute Gasteiger partial charge is 0.381 e. The Morgan fingerprint density at radius 1 is 1.00 bits per heavy atom. The van der Waals surface area contributed by atoms with E-state index in [4.69, 9.17) is 0 Å². The molecule has 21 heavy (non-hydrogen) atoms. The van der Waals surface area contributed by atoms with Gasteiger partial charge in [-0.05, 0) is 48.9 Å². The highest BCUT2D eigenvalue weighted by Crippen LogP contribution is 2.35. The molecule has 106 valence electrons. The highest BCUT2D eigenvalue weighted by molar-refractivity contribution is 5.86. The van der Waals surface area contributed by atoms with E-state index < -0.39 is 5.60 Å². The average molecular weight is 277 g/mol. The van der Waals surface area contributed by atoms with Crippen LogP contribution in [0, 0.1) is 13.8 Å². The summed E-state index contributed by atoms with van der Waals surface area (Å²) < 4.78 is 0. The zero-order chi connectivity index (χ0) is 15.0. The lowest BCUT2D eigenvalue weighted by molar-refractivity contribution is 0.103. The lowest BCUT2D eigenvalue weighted by Gasteiger charge is -2.28. The summed E-state index contributed by atoms with van der Waals surface area (Å²) in [5.74, 6) is 0. The minimum absolute atomic E-state index is 0.913. The number of nitrogens with zero attached hydrogens (tertiary/aromatic N) is 1. The van der Waals surface area contributed by atoms with E-state index in [2.05, 4.69) is 23.2 Å². The van der Waals surface area contributed by atoms with Crippen molar-refractivity contribution < 1.29 is 5.11 Å². The lowest BCUT2D eigenvalue weighted by atomic mass is 9.83. The van der Waals surface area contributed by atoms with Crippen molar-refractivity contribution in [1.82, 2.24) is 4.98 Å². The Labute approximate surface area is 125 Å². The SMILES string of the molecule is Cc1ccc(C)c(C(C)(O)c2cccc3cnccc23)c1. The van der Waals surface area contributed by atoms with Gasteiger partial charge in [0.15, 0.2) is 0 Å². The first kappa shape index (κ1) is 13.8. The van der Waals surface area contributed by atoms with Crippen LogP contribution in [0.3, 0.4) is 0 Å². The third kappa shape index (κ3) is 2.32. The summed E-state index contributed by atoms with van der Waals surface area (Å²) in [7, 11) is 0.